The summed E-state index contributed by atoms with van der Waals surface area (Å²) in [5, 5.41) is 11.1. The van der Waals surface area contributed by atoms with Crippen molar-refractivity contribution in [2.75, 3.05) is 0 Å². The maximum Gasteiger partial charge on any atom is 0.124 e. The van der Waals surface area contributed by atoms with Crippen LogP contribution in [0.2, 0.25) is 4.34 Å². The molecule has 0 aromatic carbocycles. The van der Waals surface area contributed by atoms with Gasteiger partial charge in [-0.2, -0.15) is 0 Å². The molecule has 0 radical (unpaired) electrons. The summed E-state index contributed by atoms with van der Waals surface area (Å²) >= 11 is 8.76. The van der Waals surface area contributed by atoms with Gasteiger partial charge in [0.25, 0.3) is 0 Å². The van der Waals surface area contributed by atoms with Gasteiger partial charge in [-0.3, -0.25) is 0 Å². The molecule has 0 fully saturated rings. The Kier molecular flexibility index (Phi) is 3.11. The highest BCUT2D eigenvalue weighted by Crippen LogP contribution is 2.34. The fraction of sp³-hybridized carbons (Fsp3) is 0.300. The minimum atomic E-state index is -0.589. The van der Waals surface area contributed by atoms with Crippen LogP contribution in [0.1, 0.15) is 26.6 Å². The molecule has 0 bridgehead atoms. The zero-order valence-electron chi connectivity index (χ0n) is 8.32. The minimum Gasteiger partial charge on any atom is -0.382 e. The zero-order chi connectivity index (χ0) is 11.0. The Morgan fingerprint density at radius 3 is 2.53 bits per heavy atom. The molecule has 0 aliphatic rings. The van der Waals surface area contributed by atoms with E-state index < -0.39 is 6.10 Å². The van der Waals surface area contributed by atoms with E-state index in [4.69, 9.17) is 11.6 Å². The number of thiazole rings is 1. The van der Waals surface area contributed by atoms with Gasteiger partial charge < -0.3 is 5.11 Å². The van der Waals surface area contributed by atoms with E-state index in [2.05, 4.69) is 4.98 Å². The summed E-state index contributed by atoms with van der Waals surface area (Å²) in [5.41, 5.74) is 0.898. The van der Waals surface area contributed by atoms with Crippen molar-refractivity contribution >= 4 is 34.3 Å². The molecule has 1 atom stereocenters. The van der Waals surface area contributed by atoms with Crippen LogP contribution in [0.5, 0.6) is 0 Å². The molecule has 0 saturated carbocycles. The molecule has 2 aromatic heterocycles. The van der Waals surface area contributed by atoms with Crippen molar-refractivity contribution in [3.63, 3.8) is 0 Å². The maximum absolute atomic E-state index is 10.1. The highest BCUT2D eigenvalue weighted by molar-refractivity contribution is 7.16. The number of rotatable bonds is 2. The number of halogens is 1. The fourth-order valence-electron chi connectivity index (χ4n) is 1.41. The lowest BCUT2D eigenvalue weighted by Gasteiger charge is -2.05. The first kappa shape index (κ1) is 11.1. The first-order chi connectivity index (χ1) is 7.08. The van der Waals surface area contributed by atoms with E-state index in [1.807, 2.05) is 19.9 Å². The fourth-order valence-corrected chi connectivity index (χ4v) is 3.47. The third-order valence-electron chi connectivity index (χ3n) is 2.05. The smallest absolute Gasteiger partial charge is 0.124 e. The van der Waals surface area contributed by atoms with Crippen molar-refractivity contribution in [1.29, 1.82) is 0 Å². The summed E-state index contributed by atoms with van der Waals surface area (Å²) in [7, 11) is 0. The second-order valence-electron chi connectivity index (χ2n) is 3.23. The van der Waals surface area contributed by atoms with Gasteiger partial charge >= 0.3 is 0 Å². The van der Waals surface area contributed by atoms with Crippen molar-refractivity contribution in [2.45, 2.75) is 20.0 Å². The summed E-state index contributed by atoms with van der Waals surface area (Å²) in [5.74, 6) is 0. The van der Waals surface area contributed by atoms with Gasteiger partial charge in [0.05, 0.1) is 19.9 Å². The lowest BCUT2D eigenvalue weighted by molar-refractivity contribution is 0.227. The lowest BCUT2D eigenvalue weighted by atomic mass is 10.2. The van der Waals surface area contributed by atoms with Crippen molar-refractivity contribution in [1.82, 2.24) is 4.98 Å². The van der Waals surface area contributed by atoms with Gasteiger partial charge in [0, 0.05) is 4.88 Å². The van der Waals surface area contributed by atoms with Gasteiger partial charge in [0.1, 0.15) is 6.10 Å². The normalized spacial score (nSPS) is 13.1. The van der Waals surface area contributed by atoms with Crippen LogP contribution in [0.25, 0.3) is 0 Å². The van der Waals surface area contributed by atoms with Gasteiger partial charge in [-0.25, -0.2) is 4.98 Å². The van der Waals surface area contributed by atoms with Crippen molar-refractivity contribution in [2.24, 2.45) is 0 Å². The molecular formula is C10H10ClNOS2. The summed E-state index contributed by atoms with van der Waals surface area (Å²) in [6, 6.07) is 3.65. The van der Waals surface area contributed by atoms with Crippen LogP contribution in [0.4, 0.5) is 0 Å². The van der Waals surface area contributed by atoms with Crippen molar-refractivity contribution in [3.8, 4) is 0 Å². The van der Waals surface area contributed by atoms with Gasteiger partial charge in [0.2, 0.25) is 0 Å². The standard InChI is InChI=1S/C10H10ClNOS2/c1-5-10(14-6(2)12-5)9(13)7-3-4-8(11)15-7/h3-4,9,13H,1-2H3. The van der Waals surface area contributed by atoms with E-state index in [0.29, 0.717) is 4.34 Å². The monoisotopic (exact) mass is 259 g/mol. The number of aryl methyl sites for hydroxylation is 2. The third kappa shape index (κ3) is 2.23. The van der Waals surface area contributed by atoms with Gasteiger partial charge in [-0.1, -0.05) is 11.6 Å². The maximum atomic E-state index is 10.1. The summed E-state index contributed by atoms with van der Waals surface area (Å²) in [4.78, 5) is 6.07. The van der Waals surface area contributed by atoms with Crippen LogP contribution in [0, 0.1) is 13.8 Å². The van der Waals surface area contributed by atoms with E-state index in [1.54, 1.807) is 6.07 Å². The summed E-state index contributed by atoms with van der Waals surface area (Å²) in [6.45, 7) is 3.85. The Morgan fingerprint density at radius 1 is 1.33 bits per heavy atom. The van der Waals surface area contributed by atoms with Crippen LogP contribution in [-0.4, -0.2) is 10.1 Å². The van der Waals surface area contributed by atoms with E-state index in [-0.39, 0.29) is 0 Å². The largest absolute Gasteiger partial charge is 0.382 e. The molecule has 1 unspecified atom stereocenters. The van der Waals surface area contributed by atoms with Crippen LogP contribution >= 0.6 is 34.3 Å². The van der Waals surface area contributed by atoms with Crippen LogP contribution in [0.3, 0.4) is 0 Å². The quantitative estimate of drug-likeness (QED) is 0.895. The second-order valence-corrected chi connectivity index (χ2v) is 6.21. The highest BCUT2D eigenvalue weighted by atomic mass is 35.5. The first-order valence-electron chi connectivity index (χ1n) is 4.45. The molecular weight excluding hydrogens is 250 g/mol. The summed E-state index contributed by atoms with van der Waals surface area (Å²) < 4.78 is 0.697. The first-order valence-corrected chi connectivity index (χ1v) is 6.46. The number of hydrogen-bond donors (Lipinski definition) is 1. The molecule has 2 heterocycles. The lowest BCUT2D eigenvalue weighted by Crippen LogP contribution is -1.95. The summed E-state index contributed by atoms with van der Waals surface area (Å²) in [6.07, 6.45) is -0.589. The van der Waals surface area contributed by atoms with E-state index >= 15 is 0 Å². The highest BCUT2D eigenvalue weighted by Gasteiger charge is 2.18. The molecule has 0 aliphatic heterocycles. The Morgan fingerprint density at radius 2 is 2.07 bits per heavy atom. The van der Waals surface area contributed by atoms with Gasteiger partial charge in [0.15, 0.2) is 0 Å². The second kappa shape index (κ2) is 4.22. The number of thiophene rings is 1. The van der Waals surface area contributed by atoms with Gasteiger partial charge in [-0.15, -0.1) is 22.7 Å². The molecule has 5 heteroatoms. The number of hydrogen-bond acceptors (Lipinski definition) is 4. The number of aromatic nitrogens is 1. The van der Waals surface area contributed by atoms with E-state index in [0.717, 1.165) is 20.5 Å². The average molecular weight is 260 g/mol. The number of aliphatic hydroxyl groups is 1. The SMILES string of the molecule is Cc1nc(C)c(C(O)c2ccc(Cl)s2)s1. The Hall–Kier alpha value is -0.420. The van der Waals surface area contributed by atoms with E-state index in [9.17, 15) is 5.11 Å². The number of aliphatic hydroxyl groups excluding tert-OH is 1. The molecule has 0 spiro atoms. The van der Waals surface area contributed by atoms with Crippen LogP contribution < -0.4 is 0 Å². The van der Waals surface area contributed by atoms with Crippen molar-refractivity contribution in [3.05, 3.63) is 36.9 Å². The van der Waals surface area contributed by atoms with Crippen LogP contribution in [0.15, 0.2) is 12.1 Å². The Bertz CT molecular complexity index is 477. The molecule has 1 N–H and O–H groups in total. The predicted octanol–water partition coefficient (Wildman–Crippen LogP) is 3.56. The third-order valence-corrected chi connectivity index (χ3v) is 4.46. The van der Waals surface area contributed by atoms with E-state index in [1.165, 1.54) is 22.7 Å². The topological polar surface area (TPSA) is 33.1 Å². The molecule has 2 rings (SSSR count). The van der Waals surface area contributed by atoms with Gasteiger partial charge in [-0.05, 0) is 26.0 Å². The number of nitrogens with zero attached hydrogens (tertiary/aromatic N) is 1. The van der Waals surface area contributed by atoms with Crippen molar-refractivity contribution < 1.29 is 5.11 Å². The van der Waals surface area contributed by atoms with Crippen LogP contribution in [-0.2, 0) is 0 Å². The predicted molar refractivity (Wildman–Crippen MR) is 65.0 cm³/mol. The molecule has 0 amide bonds. The molecule has 15 heavy (non-hydrogen) atoms. The average Bonchev–Trinajstić information content (AvgIpc) is 2.71. The molecule has 0 saturated heterocycles. The molecule has 2 nitrogen and oxygen atoms in total. The Labute approximate surface area is 101 Å². The molecule has 0 aliphatic carbocycles. The zero-order valence-corrected chi connectivity index (χ0v) is 10.7. The molecule has 2 aromatic rings. The molecule has 80 valence electrons. The minimum absolute atomic E-state index is 0.589. The Balaban J connectivity index is 2.35.